The Hall–Kier alpha value is -2.27. The summed E-state index contributed by atoms with van der Waals surface area (Å²) in [5.41, 5.74) is 2.06. The van der Waals surface area contributed by atoms with Crippen LogP contribution in [0.25, 0.3) is 16.9 Å². The summed E-state index contributed by atoms with van der Waals surface area (Å²) >= 11 is 0. The molecule has 1 unspecified atom stereocenters. The van der Waals surface area contributed by atoms with E-state index in [0.29, 0.717) is 11.4 Å². The molecule has 0 aromatic carbocycles. The fourth-order valence-corrected chi connectivity index (χ4v) is 2.17. The first-order valence-electron chi connectivity index (χ1n) is 5.93. The number of pyridine rings is 2. The molecule has 0 bridgehead atoms. The molecule has 0 fully saturated rings. The lowest BCUT2D eigenvalue weighted by molar-refractivity contribution is 0.194. The molecule has 3 aromatic heterocycles. The lowest BCUT2D eigenvalue weighted by atomic mass is 10.1. The highest BCUT2D eigenvalue weighted by Crippen LogP contribution is 2.29. The van der Waals surface area contributed by atoms with Crippen LogP contribution < -0.4 is 0 Å². The maximum Gasteiger partial charge on any atom is 0.174 e. The van der Waals surface area contributed by atoms with Crippen LogP contribution in [0.3, 0.4) is 0 Å². The van der Waals surface area contributed by atoms with Gasteiger partial charge in [0.1, 0.15) is 0 Å². The van der Waals surface area contributed by atoms with E-state index in [9.17, 15) is 9.50 Å². The lowest BCUT2D eigenvalue weighted by Crippen LogP contribution is -1.99. The van der Waals surface area contributed by atoms with Crippen LogP contribution in [0.1, 0.15) is 18.7 Å². The Morgan fingerprint density at radius 3 is 2.84 bits per heavy atom. The molecule has 0 saturated carbocycles. The molecule has 1 atom stereocenters. The molecule has 5 heteroatoms. The number of rotatable bonds is 2. The molecule has 0 saturated heterocycles. The second-order valence-electron chi connectivity index (χ2n) is 4.31. The van der Waals surface area contributed by atoms with Crippen LogP contribution >= 0.6 is 0 Å². The fourth-order valence-electron chi connectivity index (χ4n) is 2.17. The van der Waals surface area contributed by atoms with E-state index in [2.05, 4.69) is 9.97 Å². The van der Waals surface area contributed by atoms with Crippen LogP contribution in [0.5, 0.6) is 0 Å². The fraction of sp³-hybridized carbons (Fsp3) is 0.143. The second-order valence-corrected chi connectivity index (χ2v) is 4.31. The van der Waals surface area contributed by atoms with Crippen molar-refractivity contribution in [1.82, 2.24) is 14.4 Å². The predicted molar refractivity (Wildman–Crippen MR) is 69.0 cm³/mol. The van der Waals surface area contributed by atoms with E-state index < -0.39 is 11.9 Å². The van der Waals surface area contributed by atoms with Gasteiger partial charge in [0, 0.05) is 24.2 Å². The Morgan fingerprint density at radius 1 is 1.32 bits per heavy atom. The van der Waals surface area contributed by atoms with Crippen molar-refractivity contribution < 1.29 is 9.50 Å². The van der Waals surface area contributed by atoms with E-state index in [4.69, 9.17) is 0 Å². The van der Waals surface area contributed by atoms with Crippen LogP contribution in [0.4, 0.5) is 4.39 Å². The third-order valence-electron chi connectivity index (χ3n) is 2.97. The maximum absolute atomic E-state index is 13.8. The van der Waals surface area contributed by atoms with Gasteiger partial charge in [-0.15, -0.1) is 0 Å². The van der Waals surface area contributed by atoms with Crippen molar-refractivity contribution in [3.8, 4) is 11.3 Å². The molecule has 96 valence electrons. The molecule has 0 amide bonds. The quantitative estimate of drug-likeness (QED) is 0.767. The van der Waals surface area contributed by atoms with Gasteiger partial charge in [0.25, 0.3) is 0 Å². The molecule has 0 aliphatic heterocycles. The van der Waals surface area contributed by atoms with Gasteiger partial charge in [-0.3, -0.25) is 9.38 Å². The zero-order valence-corrected chi connectivity index (χ0v) is 10.3. The summed E-state index contributed by atoms with van der Waals surface area (Å²) in [7, 11) is 0. The van der Waals surface area contributed by atoms with Gasteiger partial charge in [0.2, 0.25) is 0 Å². The van der Waals surface area contributed by atoms with E-state index in [1.165, 1.54) is 6.07 Å². The Bertz CT molecular complexity index is 722. The largest absolute Gasteiger partial charge is 0.387 e. The number of fused-ring (bicyclic) bond motifs is 1. The number of imidazole rings is 1. The molecule has 3 aromatic rings. The Morgan fingerprint density at radius 2 is 2.16 bits per heavy atom. The first kappa shape index (κ1) is 11.8. The molecular weight excluding hydrogens is 245 g/mol. The smallest absolute Gasteiger partial charge is 0.174 e. The van der Waals surface area contributed by atoms with E-state index in [0.717, 1.165) is 5.56 Å². The summed E-state index contributed by atoms with van der Waals surface area (Å²) < 4.78 is 15.3. The first-order valence-corrected chi connectivity index (χ1v) is 5.93. The van der Waals surface area contributed by atoms with Gasteiger partial charge in [-0.2, -0.15) is 0 Å². The van der Waals surface area contributed by atoms with Crippen molar-refractivity contribution in [2.24, 2.45) is 0 Å². The van der Waals surface area contributed by atoms with E-state index >= 15 is 0 Å². The molecule has 3 heterocycles. The van der Waals surface area contributed by atoms with Gasteiger partial charge in [0.15, 0.2) is 11.5 Å². The van der Waals surface area contributed by atoms with E-state index in [-0.39, 0.29) is 5.65 Å². The van der Waals surface area contributed by atoms with Crippen molar-refractivity contribution >= 4 is 5.65 Å². The number of halogens is 1. The Labute approximate surface area is 109 Å². The summed E-state index contributed by atoms with van der Waals surface area (Å²) in [6, 6.07) is 6.55. The molecule has 3 rings (SSSR count). The van der Waals surface area contributed by atoms with Gasteiger partial charge in [0.05, 0.1) is 17.5 Å². The highest BCUT2D eigenvalue weighted by Gasteiger charge is 2.19. The maximum atomic E-state index is 13.8. The zero-order chi connectivity index (χ0) is 13.4. The van der Waals surface area contributed by atoms with Crippen LogP contribution in [0.2, 0.25) is 0 Å². The van der Waals surface area contributed by atoms with Gasteiger partial charge in [-0.05, 0) is 31.2 Å². The average Bonchev–Trinajstić information content (AvgIpc) is 2.81. The van der Waals surface area contributed by atoms with Gasteiger partial charge in [-0.1, -0.05) is 0 Å². The van der Waals surface area contributed by atoms with Crippen LogP contribution in [-0.2, 0) is 0 Å². The molecule has 0 spiro atoms. The Kier molecular flexibility index (Phi) is 2.76. The molecule has 4 nitrogen and oxygen atoms in total. The predicted octanol–water partition coefficient (Wildman–Crippen LogP) is 2.59. The standard InChI is InChI=1S/C14H12FN3O/c1-9(19)13-12(10-4-2-6-16-8-10)17-14-11(15)5-3-7-18(13)14/h2-9,19H,1H3. The Balaban J connectivity index is 2.36. The second kappa shape index (κ2) is 4.44. The van der Waals surface area contributed by atoms with Crippen LogP contribution in [0, 0.1) is 5.82 Å². The molecular formula is C14H12FN3O. The van der Waals surface area contributed by atoms with Crippen molar-refractivity contribution in [2.75, 3.05) is 0 Å². The minimum atomic E-state index is -0.757. The normalized spacial score (nSPS) is 12.8. The summed E-state index contributed by atoms with van der Waals surface area (Å²) in [6.45, 7) is 1.63. The minimum Gasteiger partial charge on any atom is -0.387 e. The van der Waals surface area contributed by atoms with Gasteiger partial charge in [-0.25, -0.2) is 9.37 Å². The SMILES string of the molecule is CC(O)c1c(-c2cccnc2)nc2c(F)cccn12. The number of hydrogen-bond acceptors (Lipinski definition) is 3. The summed E-state index contributed by atoms with van der Waals surface area (Å²) in [6.07, 6.45) is 4.23. The summed E-state index contributed by atoms with van der Waals surface area (Å²) in [5.74, 6) is -0.417. The summed E-state index contributed by atoms with van der Waals surface area (Å²) in [4.78, 5) is 8.32. The zero-order valence-electron chi connectivity index (χ0n) is 10.3. The lowest BCUT2D eigenvalue weighted by Gasteiger charge is -2.07. The van der Waals surface area contributed by atoms with Gasteiger partial charge < -0.3 is 5.11 Å². The molecule has 0 aliphatic carbocycles. The minimum absolute atomic E-state index is 0.206. The van der Waals surface area contributed by atoms with Crippen molar-refractivity contribution in [1.29, 1.82) is 0 Å². The topological polar surface area (TPSA) is 50.4 Å². The van der Waals surface area contributed by atoms with E-state index in [1.807, 2.05) is 6.07 Å². The van der Waals surface area contributed by atoms with Crippen LogP contribution in [0.15, 0.2) is 42.9 Å². The van der Waals surface area contributed by atoms with E-state index in [1.54, 1.807) is 42.0 Å². The molecule has 0 aliphatic rings. The highest BCUT2D eigenvalue weighted by atomic mass is 19.1. The average molecular weight is 257 g/mol. The number of aliphatic hydroxyl groups is 1. The van der Waals surface area contributed by atoms with Crippen molar-refractivity contribution in [2.45, 2.75) is 13.0 Å². The third kappa shape index (κ3) is 1.88. The monoisotopic (exact) mass is 257 g/mol. The number of aliphatic hydroxyl groups excluding tert-OH is 1. The van der Waals surface area contributed by atoms with Crippen molar-refractivity contribution in [3.05, 3.63) is 54.4 Å². The molecule has 1 N–H and O–H groups in total. The number of hydrogen-bond donors (Lipinski definition) is 1. The first-order chi connectivity index (χ1) is 9.18. The number of nitrogens with zero attached hydrogens (tertiary/aromatic N) is 3. The molecule has 19 heavy (non-hydrogen) atoms. The highest BCUT2D eigenvalue weighted by molar-refractivity contribution is 5.66. The third-order valence-corrected chi connectivity index (χ3v) is 2.97. The molecule has 0 radical (unpaired) electrons. The van der Waals surface area contributed by atoms with Crippen LogP contribution in [-0.4, -0.2) is 19.5 Å². The van der Waals surface area contributed by atoms with Gasteiger partial charge >= 0.3 is 0 Å². The number of aromatic nitrogens is 3. The summed E-state index contributed by atoms with van der Waals surface area (Å²) in [5, 5.41) is 9.94. The van der Waals surface area contributed by atoms with Crippen molar-refractivity contribution in [3.63, 3.8) is 0 Å².